The predicted octanol–water partition coefficient (Wildman–Crippen LogP) is 1.54. The molecule has 116 valence electrons. The fourth-order valence-corrected chi connectivity index (χ4v) is 2.69. The fourth-order valence-electron chi connectivity index (χ4n) is 2.69. The maximum absolute atomic E-state index is 12.5. The van der Waals surface area contributed by atoms with Gasteiger partial charge in [-0.2, -0.15) is 5.10 Å². The van der Waals surface area contributed by atoms with Crippen LogP contribution in [0, 0.1) is 6.92 Å². The topological polar surface area (TPSA) is 84.0 Å². The maximum Gasteiger partial charge on any atom is 0.255 e. The summed E-state index contributed by atoms with van der Waals surface area (Å²) in [7, 11) is 1.55. The van der Waals surface area contributed by atoms with Crippen LogP contribution in [0.4, 0.5) is 0 Å². The van der Waals surface area contributed by atoms with E-state index < -0.39 is 0 Å². The Morgan fingerprint density at radius 1 is 1.36 bits per heavy atom. The van der Waals surface area contributed by atoms with Gasteiger partial charge in [-0.15, -0.1) is 0 Å². The molecule has 1 aliphatic heterocycles. The number of aromatic amines is 1. The molecule has 3 heterocycles. The van der Waals surface area contributed by atoms with Crippen molar-refractivity contribution in [2.45, 2.75) is 25.7 Å². The van der Waals surface area contributed by atoms with Crippen LogP contribution in [0.25, 0.3) is 0 Å². The SMILES string of the molecule is COc1ccc(C(=O)N2CCC(c3n[nH]c(C)n3)CC2)cn1. The number of aromatic nitrogens is 4. The molecule has 7 heteroatoms. The highest BCUT2D eigenvalue weighted by molar-refractivity contribution is 5.94. The molecule has 0 unspecified atom stereocenters. The molecule has 0 radical (unpaired) electrons. The lowest BCUT2D eigenvalue weighted by Gasteiger charge is -2.30. The largest absolute Gasteiger partial charge is 0.481 e. The summed E-state index contributed by atoms with van der Waals surface area (Å²) in [4.78, 5) is 22.8. The van der Waals surface area contributed by atoms with Gasteiger partial charge in [0.2, 0.25) is 5.88 Å². The number of aryl methyl sites for hydroxylation is 1. The highest BCUT2D eigenvalue weighted by atomic mass is 16.5. The number of piperidine rings is 1. The van der Waals surface area contributed by atoms with Crippen molar-refractivity contribution in [1.82, 2.24) is 25.1 Å². The molecule has 0 atom stereocenters. The van der Waals surface area contributed by atoms with Gasteiger partial charge in [0.25, 0.3) is 5.91 Å². The lowest BCUT2D eigenvalue weighted by molar-refractivity contribution is 0.0710. The van der Waals surface area contributed by atoms with E-state index in [-0.39, 0.29) is 5.91 Å². The number of pyridine rings is 1. The first kappa shape index (κ1) is 14.5. The van der Waals surface area contributed by atoms with Crippen molar-refractivity contribution in [1.29, 1.82) is 0 Å². The molecule has 3 rings (SSSR count). The number of carbonyl (C=O) groups is 1. The van der Waals surface area contributed by atoms with Gasteiger partial charge in [0.1, 0.15) is 5.82 Å². The Bertz CT molecular complexity index is 644. The van der Waals surface area contributed by atoms with E-state index in [0.717, 1.165) is 24.5 Å². The lowest BCUT2D eigenvalue weighted by atomic mass is 9.96. The second kappa shape index (κ2) is 6.13. The molecule has 0 aliphatic carbocycles. The van der Waals surface area contributed by atoms with E-state index in [0.29, 0.717) is 30.5 Å². The monoisotopic (exact) mass is 301 g/mol. The van der Waals surface area contributed by atoms with Gasteiger partial charge >= 0.3 is 0 Å². The standard InChI is InChI=1S/C15H19N5O2/c1-10-17-14(19-18-10)11-5-7-20(8-6-11)15(21)12-3-4-13(22-2)16-9-12/h3-4,9,11H,5-8H2,1-2H3,(H,17,18,19). The first-order valence-electron chi connectivity index (χ1n) is 7.35. The van der Waals surface area contributed by atoms with Crippen molar-refractivity contribution in [3.63, 3.8) is 0 Å². The van der Waals surface area contributed by atoms with Crippen LogP contribution in [-0.4, -0.2) is 51.2 Å². The Balaban J connectivity index is 1.61. The lowest BCUT2D eigenvalue weighted by Crippen LogP contribution is -2.38. The molecule has 1 aliphatic rings. The van der Waals surface area contributed by atoms with Crippen molar-refractivity contribution < 1.29 is 9.53 Å². The van der Waals surface area contributed by atoms with Gasteiger partial charge in [0.15, 0.2) is 5.82 Å². The van der Waals surface area contributed by atoms with Crippen molar-refractivity contribution in [2.75, 3.05) is 20.2 Å². The normalized spacial score (nSPS) is 15.8. The van der Waals surface area contributed by atoms with Crippen LogP contribution in [0.15, 0.2) is 18.3 Å². The van der Waals surface area contributed by atoms with Crippen LogP contribution >= 0.6 is 0 Å². The quantitative estimate of drug-likeness (QED) is 0.929. The summed E-state index contributed by atoms with van der Waals surface area (Å²) in [6, 6.07) is 3.45. The zero-order chi connectivity index (χ0) is 15.5. The molecule has 0 saturated carbocycles. The van der Waals surface area contributed by atoms with E-state index in [4.69, 9.17) is 4.74 Å². The number of nitrogens with zero attached hydrogens (tertiary/aromatic N) is 4. The van der Waals surface area contributed by atoms with Gasteiger partial charge in [-0.1, -0.05) is 0 Å². The van der Waals surface area contributed by atoms with E-state index in [1.165, 1.54) is 0 Å². The number of nitrogens with one attached hydrogen (secondary N) is 1. The smallest absolute Gasteiger partial charge is 0.255 e. The summed E-state index contributed by atoms with van der Waals surface area (Å²) in [5, 5.41) is 7.10. The summed E-state index contributed by atoms with van der Waals surface area (Å²) in [5.41, 5.74) is 0.591. The van der Waals surface area contributed by atoms with E-state index in [9.17, 15) is 4.79 Å². The molecular weight excluding hydrogens is 282 g/mol. The second-order valence-electron chi connectivity index (χ2n) is 5.43. The Morgan fingerprint density at radius 3 is 2.68 bits per heavy atom. The average Bonchev–Trinajstić information content (AvgIpc) is 3.01. The maximum atomic E-state index is 12.5. The van der Waals surface area contributed by atoms with Gasteiger partial charge in [0.05, 0.1) is 12.7 Å². The molecule has 1 amide bonds. The van der Waals surface area contributed by atoms with Crippen LogP contribution < -0.4 is 4.74 Å². The van der Waals surface area contributed by atoms with Gasteiger partial charge in [0, 0.05) is 31.3 Å². The number of carbonyl (C=O) groups excluding carboxylic acids is 1. The Labute approximate surface area is 128 Å². The number of ether oxygens (including phenoxy) is 1. The molecule has 7 nitrogen and oxygen atoms in total. The molecule has 22 heavy (non-hydrogen) atoms. The highest BCUT2D eigenvalue weighted by Crippen LogP contribution is 2.26. The van der Waals surface area contributed by atoms with Crippen LogP contribution in [-0.2, 0) is 0 Å². The van der Waals surface area contributed by atoms with E-state index in [1.807, 2.05) is 11.8 Å². The van der Waals surface area contributed by atoms with Crippen LogP contribution in [0.1, 0.15) is 40.8 Å². The molecule has 1 saturated heterocycles. The molecule has 2 aromatic heterocycles. The zero-order valence-corrected chi connectivity index (χ0v) is 12.7. The first-order valence-corrected chi connectivity index (χ1v) is 7.35. The summed E-state index contributed by atoms with van der Waals surface area (Å²) in [6.45, 7) is 3.32. The Morgan fingerprint density at radius 2 is 2.14 bits per heavy atom. The number of H-pyrrole nitrogens is 1. The van der Waals surface area contributed by atoms with E-state index in [2.05, 4.69) is 20.2 Å². The number of rotatable bonds is 3. The van der Waals surface area contributed by atoms with Crippen LogP contribution in [0.2, 0.25) is 0 Å². The first-order chi connectivity index (χ1) is 10.7. The third-order valence-corrected chi connectivity index (χ3v) is 3.95. The number of likely N-dealkylation sites (tertiary alicyclic amines) is 1. The predicted molar refractivity (Wildman–Crippen MR) is 79.8 cm³/mol. The second-order valence-corrected chi connectivity index (χ2v) is 5.43. The zero-order valence-electron chi connectivity index (χ0n) is 12.7. The van der Waals surface area contributed by atoms with Gasteiger partial charge in [-0.25, -0.2) is 9.97 Å². The van der Waals surface area contributed by atoms with Crippen LogP contribution in [0.3, 0.4) is 0 Å². The van der Waals surface area contributed by atoms with Gasteiger partial charge < -0.3 is 9.64 Å². The molecule has 0 spiro atoms. The van der Waals surface area contributed by atoms with E-state index >= 15 is 0 Å². The van der Waals surface area contributed by atoms with Crippen molar-refractivity contribution in [3.8, 4) is 5.88 Å². The Kier molecular flexibility index (Phi) is 4.04. The average molecular weight is 301 g/mol. The number of amides is 1. The van der Waals surface area contributed by atoms with E-state index in [1.54, 1.807) is 25.4 Å². The minimum absolute atomic E-state index is 0.0137. The molecule has 1 N–H and O–H groups in total. The van der Waals surface area contributed by atoms with Gasteiger partial charge in [-0.05, 0) is 25.8 Å². The summed E-state index contributed by atoms with van der Waals surface area (Å²) < 4.78 is 5.01. The fraction of sp³-hybridized carbons (Fsp3) is 0.467. The highest BCUT2D eigenvalue weighted by Gasteiger charge is 2.26. The minimum atomic E-state index is 0.0137. The third-order valence-electron chi connectivity index (χ3n) is 3.95. The number of methoxy groups -OCH3 is 1. The minimum Gasteiger partial charge on any atom is -0.481 e. The van der Waals surface area contributed by atoms with Crippen molar-refractivity contribution in [2.24, 2.45) is 0 Å². The summed E-state index contributed by atoms with van der Waals surface area (Å²) in [6.07, 6.45) is 3.32. The van der Waals surface area contributed by atoms with Gasteiger partial charge in [-0.3, -0.25) is 9.89 Å². The van der Waals surface area contributed by atoms with Crippen molar-refractivity contribution in [3.05, 3.63) is 35.5 Å². The Hall–Kier alpha value is -2.44. The van der Waals surface area contributed by atoms with Crippen molar-refractivity contribution >= 4 is 5.91 Å². The third kappa shape index (κ3) is 2.93. The molecule has 2 aromatic rings. The number of hydrogen-bond donors (Lipinski definition) is 1. The number of hydrogen-bond acceptors (Lipinski definition) is 5. The summed E-state index contributed by atoms with van der Waals surface area (Å²) >= 11 is 0. The summed E-state index contributed by atoms with van der Waals surface area (Å²) in [5.74, 6) is 2.53. The molecule has 1 fully saturated rings. The molecule has 0 aromatic carbocycles. The molecular formula is C15H19N5O2. The van der Waals surface area contributed by atoms with Crippen LogP contribution in [0.5, 0.6) is 5.88 Å². The molecule has 0 bridgehead atoms.